The third-order valence-corrected chi connectivity index (χ3v) is 4.48. The number of primary amides is 1. The van der Waals surface area contributed by atoms with E-state index in [1.165, 1.54) is 5.56 Å². The highest BCUT2D eigenvalue weighted by atomic mass is 32.1. The standard InChI is InChI=1S/C18H23N3O2S/c1-13-6-5-7-14(10-13)15-12-24-18(21-15)11-20-17(23)9-4-2-3-8-16(19)22/h5-7,10,12H,2-4,8-9,11H2,1H3,(H2,19,22)(H,20,23). The number of hydrogen-bond donors (Lipinski definition) is 2. The second-order valence-corrected chi connectivity index (χ2v) is 6.74. The number of carbonyl (C=O) groups excluding carboxylic acids is 2. The number of carbonyl (C=O) groups is 2. The highest BCUT2D eigenvalue weighted by Gasteiger charge is 2.07. The fourth-order valence-electron chi connectivity index (χ4n) is 2.35. The molecule has 2 aromatic rings. The highest BCUT2D eigenvalue weighted by Crippen LogP contribution is 2.22. The van der Waals surface area contributed by atoms with Crippen LogP contribution in [0.25, 0.3) is 11.3 Å². The highest BCUT2D eigenvalue weighted by molar-refractivity contribution is 7.09. The molecule has 24 heavy (non-hydrogen) atoms. The number of hydrogen-bond acceptors (Lipinski definition) is 4. The maximum absolute atomic E-state index is 11.8. The molecule has 0 aliphatic carbocycles. The Morgan fingerprint density at radius 3 is 2.75 bits per heavy atom. The number of thiazole rings is 1. The van der Waals surface area contributed by atoms with Gasteiger partial charge in [-0.15, -0.1) is 11.3 Å². The Labute approximate surface area is 146 Å². The monoisotopic (exact) mass is 345 g/mol. The fraction of sp³-hybridized carbons (Fsp3) is 0.389. The number of nitrogens with one attached hydrogen (secondary N) is 1. The number of aromatic nitrogens is 1. The van der Waals surface area contributed by atoms with Gasteiger partial charge in [-0.3, -0.25) is 9.59 Å². The van der Waals surface area contributed by atoms with Gasteiger partial charge in [0.2, 0.25) is 11.8 Å². The van der Waals surface area contributed by atoms with Gasteiger partial charge in [-0.1, -0.05) is 30.2 Å². The Morgan fingerprint density at radius 2 is 2.00 bits per heavy atom. The number of nitrogens with two attached hydrogens (primary N) is 1. The van der Waals surface area contributed by atoms with Crippen molar-refractivity contribution in [3.8, 4) is 11.3 Å². The summed E-state index contributed by atoms with van der Waals surface area (Å²) in [5.41, 5.74) is 8.31. The first kappa shape index (κ1) is 18.1. The molecule has 2 rings (SSSR count). The van der Waals surface area contributed by atoms with Gasteiger partial charge in [0.25, 0.3) is 0 Å². The molecule has 2 amide bonds. The second-order valence-electron chi connectivity index (χ2n) is 5.80. The number of amides is 2. The molecule has 5 nitrogen and oxygen atoms in total. The van der Waals surface area contributed by atoms with Crippen LogP contribution in [0.1, 0.15) is 42.7 Å². The van der Waals surface area contributed by atoms with Crippen molar-refractivity contribution in [3.63, 3.8) is 0 Å². The Kier molecular flexibility index (Phi) is 6.93. The third kappa shape index (κ3) is 6.12. The molecular weight excluding hydrogens is 322 g/mol. The molecule has 6 heteroatoms. The molecule has 0 saturated heterocycles. The average Bonchev–Trinajstić information content (AvgIpc) is 3.01. The van der Waals surface area contributed by atoms with Gasteiger partial charge in [-0.05, 0) is 25.8 Å². The smallest absolute Gasteiger partial charge is 0.220 e. The fourth-order valence-corrected chi connectivity index (χ4v) is 3.10. The Bertz CT molecular complexity index is 697. The van der Waals surface area contributed by atoms with E-state index < -0.39 is 0 Å². The first-order valence-corrected chi connectivity index (χ1v) is 8.99. The first-order chi connectivity index (χ1) is 11.5. The molecule has 0 atom stereocenters. The van der Waals surface area contributed by atoms with Gasteiger partial charge in [0, 0.05) is 23.8 Å². The molecule has 0 radical (unpaired) electrons. The Balaban J connectivity index is 1.73. The van der Waals surface area contributed by atoms with Crippen LogP contribution in [0.3, 0.4) is 0 Å². The van der Waals surface area contributed by atoms with E-state index in [2.05, 4.69) is 29.4 Å². The molecule has 1 heterocycles. The summed E-state index contributed by atoms with van der Waals surface area (Å²) < 4.78 is 0. The summed E-state index contributed by atoms with van der Waals surface area (Å²) in [6.07, 6.45) is 3.21. The van der Waals surface area contributed by atoms with Crippen LogP contribution in [0.2, 0.25) is 0 Å². The molecule has 0 saturated carbocycles. The first-order valence-electron chi connectivity index (χ1n) is 8.11. The van der Waals surface area contributed by atoms with Crippen LogP contribution in [-0.4, -0.2) is 16.8 Å². The predicted octanol–water partition coefficient (Wildman–Crippen LogP) is 3.17. The summed E-state index contributed by atoms with van der Waals surface area (Å²) >= 11 is 1.55. The SMILES string of the molecule is Cc1cccc(-c2csc(CNC(=O)CCCCCC(N)=O)n2)c1. The zero-order valence-corrected chi connectivity index (χ0v) is 14.7. The van der Waals surface area contributed by atoms with Crippen LogP contribution < -0.4 is 11.1 Å². The lowest BCUT2D eigenvalue weighted by Crippen LogP contribution is -2.22. The zero-order chi connectivity index (χ0) is 17.4. The van der Waals surface area contributed by atoms with Crippen molar-refractivity contribution in [1.82, 2.24) is 10.3 Å². The van der Waals surface area contributed by atoms with Crippen molar-refractivity contribution in [2.75, 3.05) is 0 Å². The van der Waals surface area contributed by atoms with E-state index >= 15 is 0 Å². The summed E-state index contributed by atoms with van der Waals surface area (Å²) in [6.45, 7) is 2.51. The van der Waals surface area contributed by atoms with Crippen molar-refractivity contribution in [1.29, 1.82) is 0 Å². The normalized spacial score (nSPS) is 10.5. The molecular formula is C18H23N3O2S. The van der Waals surface area contributed by atoms with Crippen LogP contribution >= 0.6 is 11.3 Å². The van der Waals surface area contributed by atoms with E-state index in [0.717, 1.165) is 35.5 Å². The molecule has 0 aliphatic heterocycles. The lowest BCUT2D eigenvalue weighted by atomic mass is 10.1. The molecule has 1 aromatic heterocycles. The second kappa shape index (κ2) is 9.17. The van der Waals surface area contributed by atoms with Crippen LogP contribution in [0.5, 0.6) is 0 Å². The summed E-state index contributed by atoms with van der Waals surface area (Å²) in [4.78, 5) is 27.0. The van der Waals surface area contributed by atoms with Crippen molar-refractivity contribution < 1.29 is 9.59 Å². The molecule has 0 aliphatic rings. The summed E-state index contributed by atoms with van der Waals surface area (Å²) in [7, 11) is 0. The molecule has 0 fully saturated rings. The molecule has 0 unspecified atom stereocenters. The minimum atomic E-state index is -0.285. The zero-order valence-electron chi connectivity index (χ0n) is 13.9. The maximum atomic E-state index is 11.8. The van der Waals surface area contributed by atoms with Crippen molar-refractivity contribution in [2.24, 2.45) is 5.73 Å². The van der Waals surface area contributed by atoms with E-state index in [4.69, 9.17) is 5.73 Å². The number of nitrogens with zero attached hydrogens (tertiary/aromatic N) is 1. The summed E-state index contributed by atoms with van der Waals surface area (Å²) in [5, 5.41) is 5.80. The van der Waals surface area contributed by atoms with Crippen LogP contribution in [0.4, 0.5) is 0 Å². The van der Waals surface area contributed by atoms with Crippen molar-refractivity contribution in [2.45, 2.75) is 45.6 Å². The average molecular weight is 345 g/mol. The minimum Gasteiger partial charge on any atom is -0.370 e. The number of benzene rings is 1. The molecule has 128 valence electrons. The molecule has 0 bridgehead atoms. The van der Waals surface area contributed by atoms with E-state index in [-0.39, 0.29) is 11.8 Å². The number of unbranched alkanes of at least 4 members (excludes halogenated alkanes) is 2. The van der Waals surface area contributed by atoms with E-state index in [1.54, 1.807) is 11.3 Å². The van der Waals surface area contributed by atoms with Crippen LogP contribution in [-0.2, 0) is 16.1 Å². The van der Waals surface area contributed by atoms with Gasteiger partial charge in [0.1, 0.15) is 5.01 Å². The van der Waals surface area contributed by atoms with E-state index in [0.29, 0.717) is 19.4 Å². The summed E-state index contributed by atoms with van der Waals surface area (Å²) in [6, 6.07) is 8.21. The van der Waals surface area contributed by atoms with Gasteiger partial charge < -0.3 is 11.1 Å². The van der Waals surface area contributed by atoms with Crippen LogP contribution in [0.15, 0.2) is 29.6 Å². The van der Waals surface area contributed by atoms with Gasteiger partial charge >= 0.3 is 0 Å². The van der Waals surface area contributed by atoms with Crippen molar-refractivity contribution >= 4 is 23.2 Å². The number of aryl methyl sites for hydroxylation is 1. The molecule has 0 spiro atoms. The minimum absolute atomic E-state index is 0.0152. The topological polar surface area (TPSA) is 85.1 Å². The molecule has 3 N–H and O–H groups in total. The van der Waals surface area contributed by atoms with Crippen LogP contribution in [0, 0.1) is 6.92 Å². The Morgan fingerprint density at radius 1 is 1.21 bits per heavy atom. The van der Waals surface area contributed by atoms with E-state index in [9.17, 15) is 9.59 Å². The third-order valence-electron chi connectivity index (χ3n) is 3.63. The molecule has 1 aromatic carbocycles. The lowest BCUT2D eigenvalue weighted by Gasteiger charge is -2.03. The van der Waals surface area contributed by atoms with Gasteiger partial charge in [-0.2, -0.15) is 0 Å². The lowest BCUT2D eigenvalue weighted by molar-refractivity contribution is -0.121. The van der Waals surface area contributed by atoms with Gasteiger partial charge in [-0.25, -0.2) is 4.98 Å². The Hall–Kier alpha value is -2.21. The van der Waals surface area contributed by atoms with Gasteiger partial charge in [0.15, 0.2) is 0 Å². The largest absolute Gasteiger partial charge is 0.370 e. The predicted molar refractivity (Wildman–Crippen MR) is 96.4 cm³/mol. The number of rotatable bonds is 9. The quantitative estimate of drug-likeness (QED) is 0.685. The summed E-state index contributed by atoms with van der Waals surface area (Å²) in [5.74, 6) is -0.269. The van der Waals surface area contributed by atoms with E-state index in [1.807, 2.05) is 17.5 Å². The maximum Gasteiger partial charge on any atom is 0.220 e. The van der Waals surface area contributed by atoms with Gasteiger partial charge in [0.05, 0.1) is 12.2 Å². The van der Waals surface area contributed by atoms with Crippen molar-refractivity contribution in [3.05, 3.63) is 40.2 Å².